The summed E-state index contributed by atoms with van der Waals surface area (Å²) in [6.45, 7) is 4.04. The van der Waals surface area contributed by atoms with Crippen LogP contribution in [0.3, 0.4) is 0 Å². The van der Waals surface area contributed by atoms with E-state index in [1.807, 2.05) is 13.8 Å². The molecule has 0 aliphatic heterocycles. The molecular formula is C10H17N5O3. The monoisotopic (exact) mass is 255 g/mol. The number of imide groups is 1. The molecule has 0 aliphatic rings. The molecule has 0 atom stereocenters. The third-order valence-corrected chi connectivity index (χ3v) is 1.98. The van der Waals surface area contributed by atoms with Crippen molar-refractivity contribution in [1.29, 1.82) is 0 Å². The minimum absolute atomic E-state index is 0.123. The van der Waals surface area contributed by atoms with Crippen LogP contribution in [0.25, 0.3) is 0 Å². The van der Waals surface area contributed by atoms with Gasteiger partial charge in [0.25, 0.3) is 0 Å². The molecule has 18 heavy (non-hydrogen) atoms. The highest BCUT2D eigenvalue weighted by atomic mass is 16.3. The maximum atomic E-state index is 11.4. The van der Waals surface area contributed by atoms with Crippen LogP contribution < -0.4 is 10.6 Å². The Hall–Kier alpha value is -1.96. The highest BCUT2D eigenvalue weighted by Gasteiger charge is 2.09. The standard InChI is InChI=1S/C10H17N5O3/c1-7(2)3-11-10(18)12-9(17)5-15-4-8(6-16)13-14-15/h4,7,16H,3,5-6H2,1-2H3,(H2,11,12,17,18). The number of aliphatic hydroxyl groups excluding tert-OH is 1. The Bertz CT molecular complexity index is 415. The lowest BCUT2D eigenvalue weighted by Crippen LogP contribution is -2.42. The summed E-state index contributed by atoms with van der Waals surface area (Å²) in [5.41, 5.74) is 0.368. The molecular weight excluding hydrogens is 238 g/mol. The number of aliphatic hydroxyl groups is 1. The molecule has 0 saturated carbocycles. The molecule has 0 bridgehead atoms. The molecule has 0 radical (unpaired) electrons. The average molecular weight is 255 g/mol. The zero-order valence-corrected chi connectivity index (χ0v) is 10.4. The number of nitrogens with zero attached hydrogens (tertiary/aromatic N) is 3. The van der Waals surface area contributed by atoms with Gasteiger partial charge in [-0.2, -0.15) is 0 Å². The number of aromatic nitrogens is 3. The molecule has 1 aromatic heterocycles. The highest BCUT2D eigenvalue weighted by molar-refractivity contribution is 5.94. The van der Waals surface area contributed by atoms with Crippen LogP contribution in [0.2, 0.25) is 0 Å². The number of rotatable bonds is 5. The number of hydrogen-bond donors (Lipinski definition) is 3. The van der Waals surface area contributed by atoms with Gasteiger partial charge in [-0.05, 0) is 5.92 Å². The van der Waals surface area contributed by atoms with Crippen LogP contribution in [0.5, 0.6) is 0 Å². The summed E-state index contributed by atoms with van der Waals surface area (Å²) in [7, 11) is 0. The maximum Gasteiger partial charge on any atom is 0.321 e. The van der Waals surface area contributed by atoms with Crippen LogP contribution in [0.1, 0.15) is 19.5 Å². The molecule has 100 valence electrons. The predicted molar refractivity (Wildman–Crippen MR) is 62.3 cm³/mol. The highest BCUT2D eigenvalue weighted by Crippen LogP contribution is 1.92. The minimum atomic E-state index is -0.531. The topological polar surface area (TPSA) is 109 Å². The molecule has 0 spiro atoms. The van der Waals surface area contributed by atoms with Gasteiger partial charge < -0.3 is 10.4 Å². The van der Waals surface area contributed by atoms with E-state index in [4.69, 9.17) is 5.11 Å². The third-order valence-electron chi connectivity index (χ3n) is 1.98. The molecule has 1 rings (SSSR count). The summed E-state index contributed by atoms with van der Waals surface area (Å²) >= 11 is 0. The average Bonchev–Trinajstić information content (AvgIpc) is 2.73. The van der Waals surface area contributed by atoms with E-state index in [9.17, 15) is 9.59 Å². The number of nitrogens with one attached hydrogen (secondary N) is 2. The quantitative estimate of drug-likeness (QED) is 0.641. The fraction of sp³-hybridized carbons (Fsp3) is 0.600. The molecule has 1 heterocycles. The summed E-state index contributed by atoms with van der Waals surface area (Å²) in [5, 5.41) is 20.7. The molecule has 0 saturated heterocycles. The van der Waals surface area contributed by atoms with Gasteiger partial charge in [0.2, 0.25) is 5.91 Å². The van der Waals surface area contributed by atoms with E-state index >= 15 is 0 Å². The fourth-order valence-corrected chi connectivity index (χ4v) is 1.14. The van der Waals surface area contributed by atoms with Crippen molar-refractivity contribution >= 4 is 11.9 Å². The van der Waals surface area contributed by atoms with E-state index in [0.717, 1.165) is 0 Å². The van der Waals surface area contributed by atoms with Gasteiger partial charge in [0.05, 0.1) is 12.8 Å². The first-order chi connectivity index (χ1) is 8.51. The Morgan fingerprint density at radius 2 is 2.22 bits per heavy atom. The number of urea groups is 1. The van der Waals surface area contributed by atoms with E-state index in [1.165, 1.54) is 10.9 Å². The molecule has 0 aromatic carbocycles. The lowest BCUT2D eigenvalue weighted by atomic mass is 10.2. The van der Waals surface area contributed by atoms with E-state index in [0.29, 0.717) is 18.2 Å². The lowest BCUT2D eigenvalue weighted by molar-refractivity contribution is -0.120. The number of carbonyl (C=O) groups excluding carboxylic acids is 2. The molecule has 3 amide bonds. The second-order valence-electron chi connectivity index (χ2n) is 4.22. The van der Waals surface area contributed by atoms with Crippen LogP contribution >= 0.6 is 0 Å². The molecule has 0 unspecified atom stereocenters. The molecule has 3 N–H and O–H groups in total. The summed E-state index contributed by atoms with van der Waals surface area (Å²) < 4.78 is 1.25. The van der Waals surface area contributed by atoms with Crippen LogP contribution in [-0.4, -0.2) is 38.6 Å². The Labute approximate surface area is 104 Å². The van der Waals surface area contributed by atoms with Crippen molar-refractivity contribution in [2.45, 2.75) is 27.0 Å². The largest absolute Gasteiger partial charge is 0.390 e. The van der Waals surface area contributed by atoms with Gasteiger partial charge in [0.15, 0.2) is 0 Å². The number of amides is 3. The van der Waals surface area contributed by atoms with E-state index in [-0.39, 0.29) is 13.2 Å². The van der Waals surface area contributed by atoms with Crippen molar-refractivity contribution in [3.63, 3.8) is 0 Å². The van der Waals surface area contributed by atoms with Crippen molar-refractivity contribution in [3.05, 3.63) is 11.9 Å². The fourth-order valence-electron chi connectivity index (χ4n) is 1.14. The molecule has 8 heteroatoms. The Morgan fingerprint density at radius 1 is 1.50 bits per heavy atom. The van der Waals surface area contributed by atoms with Gasteiger partial charge in [0.1, 0.15) is 12.2 Å². The van der Waals surface area contributed by atoms with Gasteiger partial charge in [-0.25, -0.2) is 9.48 Å². The van der Waals surface area contributed by atoms with Crippen LogP contribution in [-0.2, 0) is 17.9 Å². The first-order valence-electron chi connectivity index (χ1n) is 5.58. The van der Waals surface area contributed by atoms with E-state index in [1.54, 1.807) is 0 Å². The maximum absolute atomic E-state index is 11.4. The summed E-state index contributed by atoms with van der Waals surface area (Å²) in [4.78, 5) is 22.7. The van der Waals surface area contributed by atoms with Gasteiger partial charge in [-0.3, -0.25) is 10.1 Å². The lowest BCUT2D eigenvalue weighted by Gasteiger charge is -2.08. The van der Waals surface area contributed by atoms with Crippen molar-refractivity contribution in [2.75, 3.05) is 6.54 Å². The van der Waals surface area contributed by atoms with E-state index < -0.39 is 11.9 Å². The summed E-state index contributed by atoms with van der Waals surface area (Å²) in [6.07, 6.45) is 1.44. The molecule has 1 aromatic rings. The molecule has 0 aliphatic carbocycles. The van der Waals surface area contributed by atoms with Crippen molar-refractivity contribution in [1.82, 2.24) is 25.6 Å². The summed E-state index contributed by atoms with van der Waals surface area (Å²) in [5.74, 6) is -0.182. The Balaban J connectivity index is 2.34. The van der Waals surface area contributed by atoms with Crippen molar-refractivity contribution < 1.29 is 14.7 Å². The number of carbonyl (C=O) groups is 2. The van der Waals surface area contributed by atoms with Crippen LogP contribution in [0.4, 0.5) is 4.79 Å². The number of hydrogen-bond acceptors (Lipinski definition) is 5. The molecule has 0 fully saturated rings. The third kappa shape index (κ3) is 4.91. The first kappa shape index (κ1) is 14.1. The summed E-state index contributed by atoms with van der Waals surface area (Å²) in [6, 6.07) is -0.531. The van der Waals surface area contributed by atoms with Crippen LogP contribution in [0.15, 0.2) is 6.20 Å². The van der Waals surface area contributed by atoms with Gasteiger partial charge in [-0.1, -0.05) is 19.1 Å². The van der Waals surface area contributed by atoms with Gasteiger partial charge in [0, 0.05) is 6.54 Å². The van der Waals surface area contributed by atoms with Crippen molar-refractivity contribution in [2.24, 2.45) is 5.92 Å². The van der Waals surface area contributed by atoms with Crippen LogP contribution in [0, 0.1) is 5.92 Å². The van der Waals surface area contributed by atoms with Crippen molar-refractivity contribution in [3.8, 4) is 0 Å². The molecule has 8 nitrogen and oxygen atoms in total. The zero-order chi connectivity index (χ0) is 13.5. The minimum Gasteiger partial charge on any atom is -0.390 e. The Kier molecular flexibility index (Phi) is 5.25. The second-order valence-corrected chi connectivity index (χ2v) is 4.22. The van der Waals surface area contributed by atoms with Gasteiger partial charge in [-0.15, -0.1) is 5.10 Å². The Morgan fingerprint density at radius 3 is 2.78 bits per heavy atom. The van der Waals surface area contributed by atoms with E-state index in [2.05, 4.69) is 20.9 Å². The normalized spacial score (nSPS) is 10.4. The smallest absolute Gasteiger partial charge is 0.321 e. The first-order valence-corrected chi connectivity index (χ1v) is 5.58. The second kappa shape index (κ2) is 6.70. The SMILES string of the molecule is CC(C)CNC(=O)NC(=O)Cn1cc(CO)nn1. The predicted octanol–water partition coefficient (Wildman–Crippen LogP) is -0.748. The van der Waals surface area contributed by atoms with Gasteiger partial charge >= 0.3 is 6.03 Å². The zero-order valence-electron chi connectivity index (χ0n) is 10.4.